The molecule has 4 rings (SSSR count). The molecule has 0 radical (unpaired) electrons. The van der Waals surface area contributed by atoms with Crippen LogP contribution in [0.2, 0.25) is 0 Å². The minimum atomic E-state index is 0.0930. The first-order valence-electron chi connectivity index (χ1n) is 9.38. The van der Waals surface area contributed by atoms with Crippen LogP contribution in [0, 0.1) is 0 Å². The molecule has 0 unspecified atom stereocenters. The van der Waals surface area contributed by atoms with Crippen LogP contribution in [0.15, 0.2) is 41.9 Å². The van der Waals surface area contributed by atoms with Crippen molar-refractivity contribution < 1.29 is 4.79 Å². The summed E-state index contributed by atoms with van der Waals surface area (Å²) in [5, 5.41) is 3.07. The van der Waals surface area contributed by atoms with E-state index in [1.165, 1.54) is 29.9 Å². The molecule has 1 saturated heterocycles. The van der Waals surface area contributed by atoms with Crippen molar-refractivity contribution in [1.82, 2.24) is 9.58 Å². The van der Waals surface area contributed by atoms with E-state index in [9.17, 15) is 4.79 Å². The smallest absolute Gasteiger partial charge is 0.202 e. The number of hydrogen-bond donors (Lipinski definition) is 1. The maximum absolute atomic E-state index is 12.7. The third kappa shape index (κ3) is 3.17. The van der Waals surface area contributed by atoms with Crippen molar-refractivity contribution >= 4 is 28.0 Å². The first-order chi connectivity index (χ1) is 12.7. The van der Waals surface area contributed by atoms with Crippen molar-refractivity contribution in [3.63, 3.8) is 0 Å². The zero-order valence-corrected chi connectivity index (χ0v) is 16.0. The van der Waals surface area contributed by atoms with Gasteiger partial charge in [0.2, 0.25) is 5.78 Å². The predicted molar refractivity (Wildman–Crippen MR) is 109 cm³/mol. The molecule has 3 heterocycles. The third-order valence-corrected chi connectivity index (χ3v) is 6.31. The molecule has 0 aliphatic carbocycles. The van der Waals surface area contributed by atoms with E-state index in [4.69, 9.17) is 5.84 Å². The highest BCUT2D eigenvalue weighted by Gasteiger charge is 2.24. The van der Waals surface area contributed by atoms with Crippen molar-refractivity contribution in [2.75, 3.05) is 25.5 Å². The highest BCUT2D eigenvalue weighted by Crippen LogP contribution is 2.34. The minimum Gasteiger partial charge on any atom is -0.339 e. The zero-order chi connectivity index (χ0) is 18.1. The Morgan fingerprint density at radius 2 is 2.08 bits per heavy atom. The fourth-order valence-electron chi connectivity index (χ4n) is 4.08. The standard InChI is InChI=1S/C21H25N3OS/c1-2-9-23-10-7-15(8-11-23)18-14-24(22)19-6-5-16(13-17(18)19)21(25)20-4-3-12-26-20/h3-6,12-15H,2,7-11,22H2,1H3. The van der Waals surface area contributed by atoms with Gasteiger partial charge in [0.25, 0.3) is 0 Å². The number of thiophene rings is 1. The Balaban J connectivity index is 1.65. The van der Waals surface area contributed by atoms with Gasteiger partial charge in [-0.25, -0.2) is 0 Å². The number of nitrogens with zero attached hydrogens (tertiary/aromatic N) is 2. The largest absolute Gasteiger partial charge is 0.339 e. The lowest BCUT2D eigenvalue weighted by Crippen LogP contribution is -2.33. The molecule has 26 heavy (non-hydrogen) atoms. The summed E-state index contributed by atoms with van der Waals surface area (Å²) in [5.74, 6) is 6.81. The molecule has 0 spiro atoms. The summed E-state index contributed by atoms with van der Waals surface area (Å²) in [5.41, 5.74) is 3.04. The molecular formula is C21H25N3OS. The van der Waals surface area contributed by atoms with Gasteiger partial charge in [-0.05, 0) is 80.0 Å². The fourth-order valence-corrected chi connectivity index (χ4v) is 4.77. The Hall–Kier alpha value is -2.11. The van der Waals surface area contributed by atoms with E-state index in [-0.39, 0.29) is 5.78 Å². The van der Waals surface area contributed by atoms with Gasteiger partial charge in [-0.2, -0.15) is 0 Å². The maximum atomic E-state index is 12.7. The van der Waals surface area contributed by atoms with Crippen LogP contribution in [0.25, 0.3) is 10.9 Å². The van der Waals surface area contributed by atoms with Crippen LogP contribution in [0.4, 0.5) is 0 Å². The van der Waals surface area contributed by atoms with E-state index in [0.717, 1.165) is 47.3 Å². The number of rotatable bonds is 5. The van der Waals surface area contributed by atoms with Gasteiger partial charge >= 0.3 is 0 Å². The quantitative estimate of drug-likeness (QED) is 0.542. The highest BCUT2D eigenvalue weighted by molar-refractivity contribution is 7.12. The predicted octanol–water partition coefficient (Wildman–Crippen LogP) is 4.24. The summed E-state index contributed by atoms with van der Waals surface area (Å²) >= 11 is 1.49. The molecule has 136 valence electrons. The molecule has 1 aromatic carbocycles. The van der Waals surface area contributed by atoms with E-state index >= 15 is 0 Å². The monoisotopic (exact) mass is 367 g/mol. The lowest BCUT2D eigenvalue weighted by molar-refractivity contribution is 0.104. The first kappa shape index (κ1) is 17.3. The number of aromatic nitrogens is 1. The molecule has 2 N–H and O–H groups in total. The average Bonchev–Trinajstić information content (AvgIpc) is 3.30. The van der Waals surface area contributed by atoms with Gasteiger partial charge in [-0.3, -0.25) is 9.47 Å². The lowest BCUT2D eigenvalue weighted by atomic mass is 9.88. The van der Waals surface area contributed by atoms with E-state index in [1.54, 1.807) is 4.68 Å². The number of carbonyl (C=O) groups is 1. The number of hydrogen-bond acceptors (Lipinski definition) is 4. The number of nitrogen functional groups attached to an aromatic ring is 1. The van der Waals surface area contributed by atoms with E-state index in [1.807, 2.05) is 35.7 Å². The minimum absolute atomic E-state index is 0.0930. The molecule has 0 amide bonds. The number of benzene rings is 1. The molecule has 0 atom stereocenters. The molecular weight excluding hydrogens is 342 g/mol. The van der Waals surface area contributed by atoms with Gasteiger partial charge in [0.1, 0.15) is 0 Å². The summed E-state index contributed by atoms with van der Waals surface area (Å²) in [6.07, 6.45) is 5.58. The number of piperidine rings is 1. The van der Waals surface area contributed by atoms with Gasteiger partial charge in [-0.1, -0.05) is 13.0 Å². The highest BCUT2D eigenvalue weighted by atomic mass is 32.1. The molecule has 4 nitrogen and oxygen atoms in total. The second-order valence-corrected chi connectivity index (χ2v) is 8.09. The molecule has 1 aliphatic rings. The van der Waals surface area contributed by atoms with Crippen molar-refractivity contribution in [1.29, 1.82) is 0 Å². The van der Waals surface area contributed by atoms with E-state index in [0.29, 0.717) is 5.92 Å². The summed E-state index contributed by atoms with van der Waals surface area (Å²) < 4.78 is 1.71. The molecule has 2 aromatic heterocycles. The summed E-state index contributed by atoms with van der Waals surface area (Å²) in [6, 6.07) is 9.71. The molecule has 1 aliphatic heterocycles. The zero-order valence-electron chi connectivity index (χ0n) is 15.1. The van der Waals surface area contributed by atoms with E-state index in [2.05, 4.69) is 18.0 Å². The lowest BCUT2D eigenvalue weighted by Gasteiger charge is -2.31. The van der Waals surface area contributed by atoms with E-state index < -0.39 is 0 Å². The van der Waals surface area contributed by atoms with Crippen molar-refractivity contribution in [2.24, 2.45) is 0 Å². The number of fused-ring (bicyclic) bond motifs is 1. The van der Waals surface area contributed by atoms with Gasteiger partial charge in [0.15, 0.2) is 0 Å². The van der Waals surface area contributed by atoms with Crippen molar-refractivity contribution in [3.05, 3.63) is 57.9 Å². The van der Waals surface area contributed by atoms with Crippen LogP contribution in [0.5, 0.6) is 0 Å². The number of carbonyl (C=O) groups excluding carboxylic acids is 1. The summed E-state index contributed by atoms with van der Waals surface area (Å²) in [4.78, 5) is 16.1. The van der Waals surface area contributed by atoms with Crippen LogP contribution in [0.3, 0.4) is 0 Å². The SMILES string of the molecule is CCCN1CCC(c2cn(N)c3ccc(C(=O)c4cccs4)cc23)CC1. The van der Waals surface area contributed by atoms with Crippen LogP contribution < -0.4 is 5.84 Å². The van der Waals surface area contributed by atoms with Crippen LogP contribution >= 0.6 is 11.3 Å². The van der Waals surface area contributed by atoms with Gasteiger partial charge in [-0.15, -0.1) is 11.3 Å². The Morgan fingerprint density at radius 3 is 2.77 bits per heavy atom. The van der Waals surface area contributed by atoms with Gasteiger partial charge < -0.3 is 10.7 Å². The molecule has 3 aromatic rings. The van der Waals surface area contributed by atoms with Crippen molar-refractivity contribution in [3.8, 4) is 0 Å². The third-order valence-electron chi connectivity index (χ3n) is 5.44. The Morgan fingerprint density at radius 1 is 1.27 bits per heavy atom. The maximum Gasteiger partial charge on any atom is 0.202 e. The molecule has 0 bridgehead atoms. The normalized spacial score (nSPS) is 16.3. The molecule has 5 heteroatoms. The fraction of sp³-hybridized carbons (Fsp3) is 0.381. The first-order valence-corrected chi connectivity index (χ1v) is 10.3. The summed E-state index contributed by atoms with van der Waals surface area (Å²) in [7, 11) is 0. The Labute approximate surface area is 158 Å². The number of ketones is 1. The second-order valence-electron chi connectivity index (χ2n) is 7.15. The van der Waals surface area contributed by atoms with Gasteiger partial charge in [0.05, 0.1) is 10.4 Å². The molecule has 0 saturated carbocycles. The second kappa shape index (κ2) is 7.25. The average molecular weight is 368 g/mol. The Kier molecular flexibility index (Phi) is 4.83. The van der Waals surface area contributed by atoms with Crippen molar-refractivity contribution in [2.45, 2.75) is 32.1 Å². The number of nitrogens with two attached hydrogens (primary N) is 1. The van der Waals surface area contributed by atoms with Crippen LogP contribution in [-0.4, -0.2) is 35.0 Å². The summed E-state index contributed by atoms with van der Waals surface area (Å²) in [6.45, 7) is 5.71. The van der Waals surface area contributed by atoms with Crippen LogP contribution in [0.1, 0.15) is 52.9 Å². The van der Waals surface area contributed by atoms with Gasteiger partial charge in [0, 0.05) is 17.1 Å². The number of likely N-dealkylation sites (tertiary alicyclic amines) is 1. The van der Waals surface area contributed by atoms with Crippen LogP contribution in [-0.2, 0) is 0 Å². The Bertz CT molecular complexity index is 905. The topological polar surface area (TPSA) is 51.3 Å². The molecule has 1 fully saturated rings.